The summed E-state index contributed by atoms with van der Waals surface area (Å²) in [5.74, 6) is 1.72. The lowest BCUT2D eigenvalue weighted by atomic mass is 10.2. The van der Waals surface area contributed by atoms with Crippen LogP contribution in [0.2, 0.25) is 10.2 Å². The van der Waals surface area contributed by atoms with Gasteiger partial charge in [-0.3, -0.25) is 0 Å². The van der Waals surface area contributed by atoms with E-state index >= 15 is 0 Å². The van der Waals surface area contributed by atoms with Gasteiger partial charge in [0.25, 0.3) is 0 Å². The van der Waals surface area contributed by atoms with Crippen LogP contribution in [0.5, 0.6) is 0 Å². The third-order valence-electron chi connectivity index (χ3n) is 2.62. The fraction of sp³-hybridized carbons (Fsp3) is 0.286. The third-order valence-corrected chi connectivity index (χ3v) is 3.06. The molecule has 0 radical (unpaired) electrons. The Bertz CT molecular complexity index is 553. The van der Waals surface area contributed by atoms with E-state index in [0.717, 1.165) is 22.2 Å². The lowest BCUT2D eigenvalue weighted by Gasteiger charge is -2.09. The molecule has 2 aromatic rings. The molecule has 1 aromatic heterocycles. The molecule has 1 aromatic carbocycles. The topological polar surface area (TPSA) is 37.8 Å². The molecule has 3 nitrogen and oxygen atoms in total. The fourth-order valence-corrected chi connectivity index (χ4v) is 1.89. The molecule has 0 bridgehead atoms. The number of anilines is 1. The first-order valence-corrected chi connectivity index (χ1v) is 6.83. The molecule has 0 atom stereocenters. The average Bonchev–Trinajstić information content (AvgIpc) is 2.37. The summed E-state index contributed by atoms with van der Waals surface area (Å²) < 4.78 is 0. The first kappa shape index (κ1) is 14.1. The molecule has 0 unspecified atom stereocenters. The highest BCUT2D eigenvalue weighted by Gasteiger charge is 2.06. The van der Waals surface area contributed by atoms with Crippen molar-refractivity contribution >= 4 is 29.0 Å². The zero-order valence-electron chi connectivity index (χ0n) is 10.8. The van der Waals surface area contributed by atoms with Gasteiger partial charge in [0.1, 0.15) is 16.8 Å². The van der Waals surface area contributed by atoms with Gasteiger partial charge in [-0.2, -0.15) is 0 Å². The van der Waals surface area contributed by atoms with Crippen LogP contribution in [0.15, 0.2) is 30.3 Å². The van der Waals surface area contributed by atoms with Gasteiger partial charge in [0.15, 0.2) is 0 Å². The second-order valence-corrected chi connectivity index (χ2v) is 5.39. The van der Waals surface area contributed by atoms with Gasteiger partial charge in [0.2, 0.25) is 0 Å². The summed E-state index contributed by atoms with van der Waals surface area (Å²) in [6.07, 6.45) is 0. The van der Waals surface area contributed by atoms with Crippen molar-refractivity contribution in [1.82, 2.24) is 9.97 Å². The predicted molar refractivity (Wildman–Crippen MR) is 79.9 cm³/mol. The van der Waals surface area contributed by atoms with Crippen LogP contribution in [0, 0.1) is 0 Å². The minimum absolute atomic E-state index is 0.245. The molecule has 0 saturated heterocycles. The molecule has 0 saturated carbocycles. The maximum Gasteiger partial charge on any atom is 0.135 e. The number of nitrogens with zero attached hydrogens (tertiary/aromatic N) is 2. The third kappa shape index (κ3) is 4.08. The van der Waals surface area contributed by atoms with Crippen LogP contribution < -0.4 is 5.32 Å². The maximum atomic E-state index is 5.99. The number of hydrogen-bond acceptors (Lipinski definition) is 3. The van der Waals surface area contributed by atoms with Gasteiger partial charge in [0, 0.05) is 23.6 Å². The second-order valence-electron chi connectivity index (χ2n) is 4.57. The van der Waals surface area contributed by atoms with Crippen LogP contribution in [0.3, 0.4) is 0 Å². The number of aromatic nitrogens is 2. The second kappa shape index (κ2) is 6.22. The van der Waals surface area contributed by atoms with E-state index in [4.69, 9.17) is 23.2 Å². The quantitative estimate of drug-likeness (QED) is 0.843. The first-order valence-electron chi connectivity index (χ1n) is 6.07. The standard InChI is InChI=1S/C14H15Cl2N3/c1-9(2)14-18-12(16)7-13(19-14)17-8-10-3-5-11(15)6-4-10/h3-7,9H,8H2,1-2H3,(H,17,18,19). The first-order chi connectivity index (χ1) is 9.04. The van der Waals surface area contributed by atoms with Gasteiger partial charge in [-0.15, -0.1) is 0 Å². The molecule has 0 aliphatic heterocycles. The van der Waals surface area contributed by atoms with Crippen molar-refractivity contribution in [3.63, 3.8) is 0 Å². The smallest absolute Gasteiger partial charge is 0.135 e. The number of benzene rings is 1. The van der Waals surface area contributed by atoms with Crippen molar-refractivity contribution in [2.75, 3.05) is 5.32 Å². The average molecular weight is 296 g/mol. The normalized spacial score (nSPS) is 10.8. The SMILES string of the molecule is CC(C)c1nc(Cl)cc(NCc2ccc(Cl)cc2)n1. The minimum atomic E-state index is 0.245. The predicted octanol–water partition coefficient (Wildman–Crippen LogP) is 4.52. The molecule has 1 N–H and O–H groups in total. The Morgan fingerprint density at radius 2 is 1.79 bits per heavy atom. The van der Waals surface area contributed by atoms with Crippen molar-refractivity contribution in [3.8, 4) is 0 Å². The monoisotopic (exact) mass is 295 g/mol. The Balaban J connectivity index is 2.08. The molecule has 1 heterocycles. The van der Waals surface area contributed by atoms with Crippen LogP contribution in [-0.2, 0) is 6.54 Å². The highest BCUT2D eigenvalue weighted by atomic mass is 35.5. The summed E-state index contributed by atoms with van der Waals surface area (Å²) in [4.78, 5) is 8.63. The van der Waals surface area contributed by atoms with Crippen LogP contribution >= 0.6 is 23.2 Å². The molecule has 0 aliphatic carbocycles. The molecule has 0 amide bonds. The van der Waals surface area contributed by atoms with Gasteiger partial charge < -0.3 is 5.32 Å². The molecule has 5 heteroatoms. The van der Waals surface area contributed by atoms with Crippen LogP contribution in [0.25, 0.3) is 0 Å². The molecular formula is C14H15Cl2N3. The Kier molecular flexibility index (Phi) is 4.61. The van der Waals surface area contributed by atoms with E-state index < -0.39 is 0 Å². The highest BCUT2D eigenvalue weighted by Crippen LogP contribution is 2.18. The molecular weight excluding hydrogens is 281 g/mol. The van der Waals surface area contributed by atoms with Crippen molar-refractivity contribution in [2.24, 2.45) is 0 Å². The number of halogens is 2. The minimum Gasteiger partial charge on any atom is -0.366 e. The number of hydrogen-bond donors (Lipinski definition) is 1. The molecule has 0 fully saturated rings. The summed E-state index contributed by atoms with van der Waals surface area (Å²) in [5, 5.41) is 4.43. The number of rotatable bonds is 4. The van der Waals surface area contributed by atoms with E-state index in [0.29, 0.717) is 11.7 Å². The van der Waals surface area contributed by atoms with Gasteiger partial charge in [-0.05, 0) is 17.7 Å². The van der Waals surface area contributed by atoms with E-state index in [-0.39, 0.29) is 5.92 Å². The molecule has 0 spiro atoms. The van der Waals surface area contributed by atoms with Crippen LogP contribution in [0.1, 0.15) is 31.2 Å². The lowest BCUT2D eigenvalue weighted by molar-refractivity contribution is 0.774. The molecule has 100 valence electrons. The van der Waals surface area contributed by atoms with E-state index in [1.54, 1.807) is 6.07 Å². The van der Waals surface area contributed by atoms with E-state index in [1.165, 1.54) is 0 Å². The van der Waals surface area contributed by atoms with E-state index in [1.807, 2.05) is 38.1 Å². The van der Waals surface area contributed by atoms with Gasteiger partial charge in [-0.1, -0.05) is 49.2 Å². The lowest BCUT2D eigenvalue weighted by Crippen LogP contribution is -2.05. The summed E-state index contributed by atoms with van der Waals surface area (Å²) in [6.45, 7) is 4.74. The Morgan fingerprint density at radius 3 is 2.42 bits per heavy atom. The Labute approximate surface area is 123 Å². The van der Waals surface area contributed by atoms with Crippen molar-refractivity contribution in [3.05, 3.63) is 51.9 Å². The molecule has 19 heavy (non-hydrogen) atoms. The highest BCUT2D eigenvalue weighted by molar-refractivity contribution is 6.30. The maximum absolute atomic E-state index is 5.99. The van der Waals surface area contributed by atoms with Gasteiger partial charge in [-0.25, -0.2) is 9.97 Å². The molecule has 0 aliphatic rings. The largest absolute Gasteiger partial charge is 0.366 e. The fourth-order valence-electron chi connectivity index (χ4n) is 1.58. The van der Waals surface area contributed by atoms with Crippen LogP contribution in [0.4, 0.5) is 5.82 Å². The zero-order chi connectivity index (χ0) is 13.8. The van der Waals surface area contributed by atoms with Gasteiger partial charge >= 0.3 is 0 Å². The van der Waals surface area contributed by atoms with Gasteiger partial charge in [0.05, 0.1) is 0 Å². The summed E-state index contributed by atoms with van der Waals surface area (Å²) in [5.41, 5.74) is 1.13. The van der Waals surface area contributed by atoms with E-state index in [9.17, 15) is 0 Å². The Morgan fingerprint density at radius 1 is 1.11 bits per heavy atom. The van der Waals surface area contributed by atoms with E-state index in [2.05, 4.69) is 15.3 Å². The van der Waals surface area contributed by atoms with Crippen molar-refractivity contribution in [1.29, 1.82) is 0 Å². The van der Waals surface area contributed by atoms with Crippen molar-refractivity contribution < 1.29 is 0 Å². The summed E-state index contributed by atoms with van der Waals surface area (Å²) in [7, 11) is 0. The number of nitrogens with one attached hydrogen (secondary N) is 1. The van der Waals surface area contributed by atoms with Crippen molar-refractivity contribution in [2.45, 2.75) is 26.3 Å². The summed E-state index contributed by atoms with van der Waals surface area (Å²) >= 11 is 11.8. The van der Waals surface area contributed by atoms with Crippen LogP contribution in [-0.4, -0.2) is 9.97 Å². The zero-order valence-corrected chi connectivity index (χ0v) is 12.3. The summed E-state index contributed by atoms with van der Waals surface area (Å²) in [6, 6.07) is 9.41. The molecule has 2 rings (SSSR count). The Hall–Kier alpha value is -1.32.